The number of hydrogen-bond donors (Lipinski definition) is 1. The van der Waals surface area contributed by atoms with Crippen LogP contribution in [0, 0.1) is 0 Å². The molecule has 0 fully saturated rings. The first-order valence-electron chi connectivity index (χ1n) is 6.71. The zero-order valence-electron chi connectivity index (χ0n) is 12.0. The van der Waals surface area contributed by atoms with Gasteiger partial charge in [0.15, 0.2) is 0 Å². The lowest BCUT2D eigenvalue weighted by atomic mass is 10.2. The van der Waals surface area contributed by atoms with Gasteiger partial charge in [-0.2, -0.15) is 0 Å². The fourth-order valence-corrected chi connectivity index (χ4v) is 3.58. The van der Waals surface area contributed by atoms with Gasteiger partial charge in [0.25, 0.3) is 0 Å². The Bertz CT molecular complexity index is 582. The molecular weight excluding hydrogens is 350 g/mol. The number of benzene rings is 1. The van der Waals surface area contributed by atoms with Crippen LogP contribution in [-0.2, 0) is 0 Å². The van der Waals surface area contributed by atoms with Gasteiger partial charge in [0.2, 0.25) is 5.88 Å². The van der Waals surface area contributed by atoms with Gasteiger partial charge in [-0.25, -0.2) is 4.98 Å². The molecule has 2 aromatic rings. The second kappa shape index (κ2) is 8.36. The lowest BCUT2D eigenvalue weighted by Crippen LogP contribution is -2.24. The van der Waals surface area contributed by atoms with E-state index in [0.29, 0.717) is 5.88 Å². The third-order valence-electron chi connectivity index (χ3n) is 2.91. The Hall–Kier alpha value is -1.11. The van der Waals surface area contributed by atoms with E-state index < -0.39 is 0 Å². The zero-order valence-corrected chi connectivity index (χ0v) is 14.4. The summed E-state index contributed by atoms with van der Waals surface area (Å²) in [6, 6.07) is 8.30. The number of thioether (sulfide) groups is 1. The number of methoxy groups -OCH3 is 1. The first kappa shape index (κ1) is 16.3. The van der Waals surface area contributed by atoms with Crippen molar-refractivity contribution < 1.29 is 4.74 Å². The number of rotatable bonds is 7. The molecule has 0 aliphatic carbocycles. The first-order valence-corrected chi connectivity index (χ1v) is 8.49. The molecule has 0 aliphatic heterocycles. The maximum absolute atomic E-state index is 5.32. The summed E-state index contributed by atoms with van der Waals surface area (Å²) < 4.78 is 6.42. The Morgan fingerprint density at radius 1 is 1.29 bits per heavy atom. The third-order valence-corrected chi connectivity index (χ3v) is 5.03. The molecule has 21 heavy (non-hydrogen) atoms. The number of aromatic nitrogens is 2. The maximum Gasteiger partial charge on any atom is 0.237 e. The van der Waals surface area contributed by atoms with Gasteiger partial charge in [0.05, 0.1) is 13.2 Å². The van der Waals surface area contributed by atoms with Crippen molar-refractivity contribution in [3.05, 3.63) is 46.8 Å². The van der Waals surface area contributed by atoms with E-state index >= 15 is 0 Å². The smallest absolute Gasteiger partial charge is 0.237 e. The first-order chi connectivity index (χ1) is 10.3. The summed E-state index contributed by atoms with van der Waals surface area (Å²) >= 11 is 5.35. The Morgan fingerprint density at radius 2 is 2.05 bits per heavy atom. The molecule has 6 heteroatoms. The minimum atomic E-state index is 0.0933. The van der Waals surface area contributed by atoms with Crippen molar-refractivity contribution in [3.8, 4) is 5.88 Å². The van der Waals surface area contributed by atoms with Crippen LogP contribution >= 0.6 is 27.7 Å². The van der Waals surface area contributed by atoms with Crippen LogP contribution in [0.15, 0.2) is 46.0 Å². The summed E-state index contributed by atoms with van der Waals surface area (Å²) in [6.07, 6.45) is 3.34. The highest BCUT2D eigenvalue weighted by atomic mass is 79.9. The fourth-order valence-electron chi connectivity index (χ4n) is 1.95. The Kier molecular flexibility index (Phi) is 6.48. The van der Waals surface area contributed by atoms with E-state index in [1.54, 1.807) is 31.3 Å². The lowest BCUT2D eigenvalue weighted by Gasteiger charge is -2.18. The predicted molar refractivity (Wildman–Crippen MR) is 89.9 cm³/mol. The molecule has 0 bridgehead atoms. The molecule has 0 saturated carbocycles. The Labute approximate surface area is 137 Å². The van der Waals surface area contributed by atoms with Gasteiger partial charge < -0.3 is 10.1 Å². The molecule has 1 aromatic heterocycles. The highest BCUT2D eigenvalue weighted by molar-refractivity contribution is 9.10. The highest BCUT2D eigenvalue weighted by Gasteiger charge is 2.18. The summed E-state index contributed by atoms with van der Waals surface area (Å²) in [5.41, 5.74) is 0.849. The summed E-state index contributed by atoms with van der Waals surface area (Å²) in [4.78, 5) is 9.87. The minimum Gasteiger partial charge on any atom is -0.480 e. The van der Waals surface area contributed by atoms with Gasteiger partial charge in [0, 0.05) is 27.5 Å². The predicted octanol–water partition coefficient (Wildman–Crippen LogP) is 3.69. The van der Waals surface area contributed by atoms with Crippen molar-refractivity contribution >= 4 is 27.7 Å². The van der Waals surface area contributed by atoms with E-state index in [-0.39, 0.29) is 6.04 Å². The van der Waals surface area contributed by atoms with Gasteiger partial charge in [-0.05, 0) is 34.6 Å². The Morgan fingerprint density at radius 3 is 2.76 bits per heavy atom. The summed E-state index contributed by atoms with van der Waals surface area (Å²) in [6.45, 7) is 2.94. The van der Waals surface area contributed by atoms with E-state index in [1.807, 2.05) is 18.2 Å². The SMILES string of the molecule is CCNC(CSc1ccccc1Br)c1nccnc1OC. The number of hydrogen-bond acceptors (Lipinski definition) is 5. The topological polar surface area (TPSA) is 47.0 Å². The molecule has 1 heterocycles. The molecule has 0 amide bonds. The average molecular weight is 368 g/mol. The molecule has 2 rings (SSSR count). The van der Waals surface area contributed by atoms with Gasteiger partial charge in [0.1, 0.15) is 5.69 Å². The second-order valence-corrected chi connectivity index (χ2v) is 6.22. The molecule has 112 valence electrons. The van der Waals surface area contributed by atoms with E-state index in [0.717, 1.165) is 22.5 Å². The number of halogens is 1. The van der Waals surface area contributed by atoms with Crippen molar-refractivity contribution in [1.29, 1.82) is 0 Å². The maximum atomic E-state index is 5.32. The average Bonchev–Trinajstić information content (AvgIpc) is 2.53. The van der Waals surface area contributed by atoms with Crippen molar-refractivity contribution in [2.75, 3.05) is 19.4 Å². The zero-order chi connectivity index (χ0) is 15.1. The molecule has 0 saturated heterocycles. The fraction of sp³-hybridized carbons (Fsp3) is 0.333. The van der Waals surface area contributed by atoms with Crippen LogP contribution in [0.2, 0.25) is 0 Å². The quantitative estimate of drug-likeness (QED) is 0.756. The standard InChI is InChI=1S/C15H18BrN3OS/c1-3-17-12(14-15(20-2)19-9-8-18-14)10-21-13-7-5-4-6-11(13)16/h4-9,12,17H,3,10H2,1-2H3. The van der Waals surface area contributed by atoms with Gasteiger partial charge >= 0.3 is 0 Å². The van der Waals surface area contributed by atoms with Gasteiger partial charge in [-0.1, -0.05) is 19.1 Å². The van der Waals surface area contributed by atoms with Crippen molar-refractivity contribution in [3.63, 3.8) is 0 Å². The molecule has 1 aromatic carbocycles. The molecule has 1 N–H and O–H groups in total. The lowest BCUT2D eigenvalue weighted by molar-refractivity contribution is 0.381. The van der Waals surface area contributed by atoms with Crippen LogP contribution in [0.3, 0.4) is 0 Å². The second-order valence-electron chi connectivity index (χ2n) is 4.30. The van der Waals surface area contributed by atoms with Crippen LogP contribution in [0.5, 0.6) is 5.88 Å². The molecule has 4 nitrogen and oxygen atoms in total. The van der Waals surface area contributed by atoms with E-state index in [1.165, 1.54) is 4.90 Å². The number of nitrogens with zero attached hydrogens (tertiary/aromatic N) is 2. The molecular formula is C15H18BrN3OS. The summed E-state index contributed by atoms with van der Waals surface area (Å²) in [5.74, 6) is 1.43. The van der Waals surface area contributed by atoms with Crippen LogP contribution in [0.25, 0.3) is 0 Å². The molecule has 1 unspecified atom stereocenters. The molecule has 1 atom stereocenters. The minimum absolute atomic E-state index is 0.0933. The normalized spacial score (nSPS) is 12.1. The van der Waals surface area contributed by atoms with Crippen LogP contribution < -0.4 is 10.1 Å². The van der Waals surface area contributed by atoms with Crippen LogP contribution in [0.1, 0.15) is 18.7 Å². The summed E-state index contributed by atoms with van der Waals surface area (Å²) in [5, 5.41) is 3.44. The van der Waals surface area contributed by atoms with Crippen LogP contribution in [0.4, 0.5) is 0 Å². The van der Waals surface area contributed by atoms with Crippen molar-refractivity contribution in [2.24, 2.45) is 0 Å². The highest BCUT2D eigenvalue weighted by Crippen LogP contribution is 2.31. The molecule has 0 radical (unpaired) electrons. The Balaban J connectivity index is 2.14. The van der Waals surface area contributed by atoms with Gasteiger partial charge in [-0.3, -0.25) is 4.98 Å². The van der Waals surface area contributed by atoms with Crippen molar-refractivity contribution in [2.45, 2.75) is 17.9 Å². The van der Waals surface area contributed by atoms with Crippen molar-refractivity contribution in [1.82, 2.24) is 15.3 Å². The number of nitrogens with one attached hydrogen (secondary N) is 1. The molecule has 0 spiro atoms. The monoisotopic (exact) mass is 367 g/mol. The molecule has 0 aliphatic rings. The van der Waals surface area contributed by atoms with E-state index in [2.05, 4.69) is 44.2 Å². The van der Waals surface area contributed by atoms with E-state index in [9.17, 15) is 0 Å². The van der Waals surface area contributed by atoms with E-state index in [4.69, 9.17) is 4.74 Å². The van der Waals surface area contributed by atoms with Crippen LogP contribution in [-0.4, -0.2) is 29.4 Å². The largest absolute Gasteiger partial charge is 0.480 e. The number of ether oxygens (including phenoxy) is 1. The third kappa shape index (κ3) is 4.43. The summed E-state index contributed by atoms with van der Waals surface area (Å²) in [7, 11) is 1.62. The van der Waals surface area contributed by atoms with Gasteiger partial charge in [-0.15, -0.1) is 11.8 Å².